The molecule has 3 saturated carbocycles. The molecule has 0 bridgehead atoms. The van der Waals surface area contributed by atoms with Crippen LogP contribution in [0.25, 0.3) is 0 Å². The molecule has 4 aliphatic carbocycles. The minimum atomic E-state index is -0.548. The molecule has 1 N–H and O–H groups in total. The highest BCUT2D eigenvalue weighted by Gasteiger charge is 2.60. The van der Waals surface area contributed by atoms with Gasteiger partial charge in [0, 0.05) is 37.4 Å². The van der Waals surface area contributed by atoms with Crippen LogP contribution in [-0.2, 0) is 19.1 Å². The highest BCUT2D eigenvalue weighted by atomic mass is 32.2. The molecular weight excluding hydrogens is 508 g/mol. The summed E-state index contributed by atoms with van der Waals surface area (Å²) < 4.78 is 11.6. The fourth-order valence-electron chi connectivity index (χ4n) is 8.73. The number of hydrogen-bond acceptors (Lipinski definition) is 6. The minimum Gasteiger partial charge on any atom is -0.462 e. The van der Waals surface area contributed by atoms with Crippen molar-refractivity contribution < 1.29 is 24.2 Å². The molecule has 0 amide bonds. The summed E-state index contributed by atoms with van der Waals surface area (Å²) >= 11 is 2.15. The molecule has 0 spiro atoms. The molecule has 3 fully saturated rings. The van der Waals surface area contributed by atoms with E-state index in [1.54, 1.807) is 5.57 Å². The van der Waals surface area contributed by atoms with Gasteiger partial charge in [-0.3, -0.25) is 9.59 Å². The quantitative estimate of drug-likeness (QED) is 0.222. The Hall–Kier alpha value is -1.27. The van der Waals surface area contributed by atoms with Gasteiger partial charge in [-0.15, -0.1) is 0 Å². The van der Waals surface area contributed by atoms with Crippen molar-refractivity contribution in [3.05, 3.63) is 23.3 Å². The van der Waals surface area contributed by atoms with Crippen LogP contribution >= 0.6 is 11.8 Å². The fraction of sp³-hybridized carbons (Fsp3) is 0.818. The predicted octanol–water partition coefficient (Wildman–Crippen LogP) is 7.41. The van der Waals surface area contributed by atoms with E-state index < -0.39 is 5.60 Å². The Balaban J connectivity index is 1.46. The van der Waals surface area contributed by atoms with Gasteiger partial charge in [0.1, 0.15) is 12.2 Å². The number of aliphatic hydroxyl groups is 1. The molecule has 5 nitrogen and oxygen atoms in total. The highest BCUT2D eigenvalue weighted by molar-refractivity contribution is 7.99. The van der Waals surface area contributed by atoms with Gasteiger partial charge in [-0.05, 0) is 81.3 Å². The Morgan fingerprint density at radius 3 is 2.44 bits per heavy atom. The van der Waals surface area contributed by atoms with Crippen molar-refractivity contribution >= 4 is 23.7 Å². The summed E-state index contributed by atoms with van der Waals surface area (Å²) in [5.74, 6) is 2.34. The normalized spacial score (nSPS) is 36.6. The minimum absolute atomic E-state index is 0.237. The summed E-state index contributed by atoms with van der Waals surface area (Å²) in [6, 6.07) is 0. The first-order valence-electron chi connectivity index (χ1n) is 15.3. The molecule has 4 aliphatic rings. The number of carbonyl (C=O) groups is 2. The van der Waals surface area contributed by atoms with E-state index in [4.69, 9.17) is 9.47 Å². The maximum absolute atomic E-state index is 12.2. The molecule has 39 heavy (non-hydrogen) atoms. The summed E-state index contributed by atoms with van der Waals surface area (Å²) in [7, 11) is 0. The van der Waals surface area contributed by atoms with Crippen molar-refractivity contribution in [2.24, 2.45) is 28.6 Å². The van der Waals surface area contributed by atoms with Crippen LogP contribution in [0, 0.1) is 28.6 Å². The number of rotatable bonds is 10. The van der Waals surface area contributed by atoms with Crippen LogP contribution in [0.15, 0.2) is 23.3 Å². The smallest absolute Gasteiger partial charge is 0.302 e. The molecule has 0 unspecified atom stereocenters. The average Bonchev–Trinajstić information content (AvgIpc) is 3.18. The number of ether oxygens (including phenoxy) is 2. The first kappa shape index (κ1) is 30.7. The zero-order valence-corrected chi connectivity index (χ0v) is 26.2. The lowest BCUT2D eigenvalue weighted by Gasteiger charge is -2.57. The van der Waals surface area contributed by atoms with E-state index in [1.807, 2.05) is 13.8 Å². The Morgan fingerprint density at radius 1 is 1.05 bits per heavy atom. The number of fused-ring (bicyclic) bond motifs is 5. The van der Waals surface area contributed by atoms with Crippen molar-refractivity contribution in [3.63, 3.8) is 0 Å². The number of allylic oxidation sites excluding steroid dienone is 3. The lowest BCUT2D eigenvalue weighted by Crippen LogP contribution is -2.54. The van der Waals surface area contributed by atoms with Crippen LogP contribution in [0.1, 0.15) is 113 Å². The molecule has 0 radical (unpaired) electrons. The lowest BCUT2D eigenvalue weighted by molar-refractivity contribution is -0.165. The lowest BCUT2D eigenvalue weighted by atomic mass is 9.49. The molecule has 8 atom stereocenters. The summed E-state index contributed by atoms with van der Waals surface area (Å²) in [6.45, 7) is 14.1. The largest absolute Gasteiger partial charge is 0.462 e. The summed E-state index contributed by atoms with van der Waals surface area (Å²) in [4.78, 5) is 23.9. The average molecular weight is 561 g/mol. The van der Waals surface area contributed by atoms with Gasteiger partial charge in [-0.25, -0.2) is 0 Å². The van der Waals surface area contributed by atoms with E-state index in [0.717, 1.165) is 25.7 Å². The SMILES string of the molecule is CC(=O)O[C@@H]1CC2=CC=C3[C@@H]4CC[C@H]([C@@H](C)SCCCCCC(C)(C)O)[C@@]4(C)CC[C@@H]3[C@@]2(C)[C@@H](OC(C)=O)C1. The number of esters is 2. The van der Waals surface area contributed by atoms with E-state index in [2.05, 4.69) is 44.7 Å². The van der Waals surface area contributed by atoms with Crippen LogP contribution < -0.4 is 0 Å². The number of hydrogen-bond donors (Lipinski definition) is 1. The molecule has 0 aromatic heterocycles. The van der Waals surface area contributed by atoms with Gasteiger partial charge in [-0.2, -0.15) is 11.8 Å². The topological polar surface area (TPSA) is 72.8 Å². The summed E-state index contributed by atoms with van der Waals surface area (Å²) in [5, 5.41) is 10.6. The van der Waals surface area contributed by atoms with Crippen LogP contribution in [0.4, 0.5) is 0 Å². The van der Waals surface area contributed by atoms with E-state index in [1.165, 1.54) is 57.3 Å². The molecule has 0 aromatic rings. The Bertz CT molecular complexity index is 979. The maximum atomic E-state index is 12.2. The van der Waals surface area contributed by atoms with Gasteiger partial charge in [0.25, 0.3) is 0 Å². The van der Waals surface area contributed by atoms with E-state index >= 15 is 0 Å². The van der Waals surface area contributed by atoms with Crippen LogP contribution in [0.3, 0.4) is 0 Å². The first-order chi connectivity index (χ1) is 18.3. The Morgan fingerprint density at radius 2 is 1.77 bits per heavy atom. The van der Waals surface area contributed by atoms with Gasteiger partial charge >= 0.3 is 11.9 Å². The third-order valence-electron chi connectivity index (χ3n) is 10.7. The number of unbranched alkanes of at least 4 members (excludes halogenated alkanes) is 2. The predicted molar refractivity (Wildman–Crippen MR) is 158 cm³/mol. The van der Waals surface area contributed by atoms with E-state index in [0.29, 0.717) is 34.8 Å². The second-order valence-corrected chi connectivity index (χ2v) is 15.4. The molecule has 4 rings (SSSR count). The molecule has 6 heteroatoms. The Kier molecular flexibility index (Phi) is 9.38. The van der Waals surface area contributed by atoms with Crippen LogP contribution in [0.2, 0.25) is 0 Å². The van der Waals surface area contributed by atoms with Gasteiger partial charge in [0.2, 0.25) is 0 Å². The molecular formula is C33H52O5S. The van der Waals surface area contributed by atoms with Crippen molar-refractivity contribution in [2.45, 2.75) is 136 Å². The molecule has 0 saturated heterocycles. The third kappa shape index (κ3) is 6.47. The van der Waals surface area contributed by atoms with Crippen molar-refractivity contribution in [2.75, 3.05) is 5.75 Å². The molecule has 220 valence electrons. The zero-order valence-electron chi connectivity index (χ0n) is 25.4. The third-order valence-corrected chi connectivity index (χ3v) is 12.1. The monoisotopic (exact) mass is 560 g/mol. The van der Waals surface area contributed by atoms with Crippen molar-refractivity contribution in [1.29, 1.82) is 0 Å². The van der Waals surface area contributed by atoms with Crippen LogP contribution in [0.5, 0.6) is 0 Å². The van der Waals surface area contributed by atoms with Gasteiger partial charge in [-0.1, -0.05) is 56.9 Å². The van der Waals surface area contributed by atoms with Gasteiger partial charge < -0.3 is 14.6 Å². The van der Waals surface area contributed by atoms with Gasteiger partial charge in [0.15, 0.2) is 0 Å². The fourth-order valence-corrected chi connectivity index (χ4v) is 10.2. The summed E-state index contributed by atoms with van der Waals surface area (Å²) in [5.41, 5.74) is 2.36. The Labute approximate surface area is 240 Å². The highest BCUT2D eigenvalue weighted by Crippen LogP contribution is 2.66. The number of carbonyl (C=O) groups excluding carboxylic acids is 2. The van der Waals surface area contributed by atoms with E-state index in [-0.39, 0.29) is 29.6 Å². The maximum Gasteiger partial charge on any atom is 0.302 e. The first-order valence-corrected chi connectivity index (χ1v) is 16.4. The standard InChI is InChI=1S/C33H52O5S/c1-21(39-18-10-8-9-16-31(4,5)36)27-13-14-28-26-12-11-24-19-25(37-22(2)34)20-30(38-23(3)35)33(24,7)29(26)15-17-32(27,28)6/h11-12,21,25,27-30,36H,8-10,13-20H2,1-7H3/t21-,25-,27-,28+,29+,30+,32-,33+/m1/s1. The molecule has 0 aromatic carbocycles. The van der Waals surface area contributed by atoms with Crippen molar-refractivity contribution in [1.82, 2.24) is 0 Å². The number of thioether (sulfide) groups is 1. The summed E-state index contributed by atoms with van der Waals surface area (Å²) in [6.07, 6.45) is 14.7. The molecule has 0 aliphatic heterocycles. The zero-order chi connectivity index (χ0) is 28.6. The second-order valence-electron chi connectivity index (χ2n) is 13.9. The van der Waals surface area contributed by atoms with E-state index in [9.17, 15) is 14.7 Å². The molecule has 0 heterocycles. The van der Waals surface area contributed by atoms with Crippen molar-refractivity contribution in [3.8, 4) is 0 Å². The van der Waals surface area contributed by atoms with Gasteiger partial charge in [0.05, 0.1) is 5.60 Å². The second kappa shape index (κ2) is 11.9. The van der Waals surface area contributed by atoms with Crippen LogP contribution in [-0.4, -0.2) is 45.9 Å².